The van der Waals surface area contributed by atoms with Gasteiger partial charge >= 0.3 is 0 Å². The van der Waals surface area contributed by atoms with Crippen LogP contribution in [0.15, 0.2) is 12.5 Å². The summed E-state index contributed by atoms with van der Waals surface area (Å²) in [5, 5.41) is 2.93. The Bertz CT molecular complexity index is 1070. The molecule has 0 radical (unpaired) electrons. The summed E-state index contributed by atoms with van der Waals surface area (Å²) in [4.78, 5) is 31.2. The molecule has 1 amide bonds. The molecule has 0 saturated carbocycles. The number of carbonyl (C=O) groups is 1. The van der Waals surface area contributed by atoms with E-state index in [0.717, 1.165) is 56.1 Å². The average molecular weight is 496 g/mol. The van der Waals surface area contributed by atoms with Crippen LogP contribution in [0.2, 0.25) is 0 Å². The first-order valence-electron chi connectivity index (χ1n) is 13.5. The first kappa shape index (κ1) is 25.1. The molecule has 36 heavy (non-hydrogen) atoms. The van der Waals surface area contributed by atoms with Gasteiger partial charge in [0.15, 0.2) is 0 Å². The van der Waals surface area contributed by atoms with Crippen LogP contribution < -0.4 is 10.2 Å². The van der Waals surface area contributed by atoms with Crippen LogP contribution in [0.25, 0.3) is 0 Å². The molecule has 2 saturated heterocycles. The lowest BCUT2D eigenvalue weighted by Crippen LogP contribution is -2.36. The maximum Gasteiger partial charge on any atom is 0.226 e. The number of nitrogens with one attached hydrogen (secondary N) is 1. The van der Waals surface area contributed by atoms with Gasteiger partial charge in [0.25, 0.3) is 0 Å². The first-order chi connectivity index (χ1) is 17.4. The molecule has 2 fully saturated rings. The maximum atomic E-state index is 12.0. The van der Waals surface area contributed by atoms with Crippen LogP contribution in [0.5, 0.6) is 0 Å². The van der Waals surface area contributed by atoms with Crippen molar-refractivity contribution in [2.45, 2.75) is 76.7 Å². The molecule has 3 aliphatic rings. The number of piperidine rings is 1. The number of methoxy groups -OCH3 is 1. The minimum Gasteiger partial charge on any atom is -0.384 e. The highest BCUT2D eigenvalue weighted by Crippen LogP contribution is 2.39. The van der Waals surface area contributed by atoms with Gasteiger partial charge in [-0.25, -0.2) is 15.0 Å². The smallest absolute Gasteiger partial charge is 0.226 e. The molecule has 1 atom stereocenters. The molecular formula is C27H41N7O2. The van der Waals surface area contributed by atoms with Crippen molar-refractivity contribution in [3.63, 3.8) is 0 Å². The van der Waals surface area contributed by atoms with Gasteiger partial charge in [-0.15, -0.1) is 0 Å². The second kappa shape index (κ2) is 10.5. The van der Waals surface area contributed by atoms with E-state index in [4.69, 9.17) is 9.72 Å². The van der Waals surface area contributed by atoms with Crippen molar-refractivity contribution in [3.05, 3.63) is 29.6 Å². The molecule has 3 aliphatic heterocycles. The number of imidazole rings is 1. The second-order valence-corrected chi connectivity index (χ2v) is 11.4. The van der Waals surface area contributed by atoms with Gasteiger partial charge in [0.05, 0.1) is 12.3 Å². The van der Waals surface area contributed by atoms with Crippen LogP contribution >= 0.6 is 0 Å². The van der Waals surface area contributed by atoms with Crippen molar-refractivity contribution in [3.8, 4) is 0 Å². The number of amides is 1. The summed E-state index contributed by atoms with van der Waals surface area (Å²) in [5.41, 5.74) is 2.08. The van der Waals surface area contributed by atoms with E-state index in [1.165, 1.54) is 31.8 Å². The number of fused-ring (bicyclic) bond motifs is 1. The lowest BCUT2D eigenvalue weighted by molar-refractivity contribution is -0.116. The number of nitrogens with zero attached hydrogens (tertiary/aromatic N) is 6. The topological polar surface area (TPSA) is 88.4 Å². The summed E-state index contributed by atoms with van der Waals surface area (Å²) < 4.78 is 7.94. The number of hydrogen-bond donors (Lipinski definition) is 1. The summed E-state index contributed by atoms with van der Waals surface area (Å²) in [6, 6.07) is 0. The number of rotatable bonds is 8. The average Bonchev–Trinajstić information content (AvgIpc) is 3.53. The lowest BCUT2D eigenvalue weighted by Gasteiger charge is -2.35. The summed E-state index contributed by atoms with van der Waals surface area (Å²) in [6.07, 6.45) is 9.04. The normalized spacial score (nSPS) is 21.6. The van der Waals surface area contributed by atoms with Crippen LogP contribution in [0, 0.1) is 0 Å². The fourth-order valence-corrected chi connectivity index (χ4v) is 6.06. The van der Waals surface area contributed by atoms with E-state index in [1.807, 2.05) is 0 Å². The largest absolute Gasteiger partial charge is 0.384 e. The van der Waals surface area contributed by atoms with Crippen LogP contribution in [-0.4, -0.2) is 76.8 Å². The molecule has 0 aliphatic carbocycles. The third-order valence-electron chi connectivity index (χ3n) is 8.13. The van der Waals surface area contributed by atoms with Crippen molar-refractivity contribution >= 4 is 17.5 Å². The van der Waals surface area contributed by atoms with Crippen LogP contribution in [0.3, 0.4) is 0 Å². The number of ether oxygens (including phenoxy) is 1. The summed E-state index contributed by atoms with van der Waals surface area (Å²) >= 11 is 0. The molecule has 1 unspecified atom stereocenters. The summed E-state index contributed by atoms with van der Waals surface area (Å²) in [6.45, 7) is 13.5. The minimum atomic E-state index is -0.121. The molecular weight excluding hydrogens is 454 g/mol. The molecule has 2 aromatic rings. The SMILES string of the molecule is COCC(C)(C)c1cn(CCN2CCCC2)c(C2CCN(c3ncnc4c3C(C)CC(=O)N4)CC2)n1. The van der Waals surface area contributed by atoms with Gasteiger partial charge in [0.2, 0.25) is 5.91 Å². The highest BCUT2D eigenvalue weighted by atomic mass is 16.5. The summed E-state index contributed by atoms with van der Waals surface area (Å²) in [5.74, 6) is 3.45. The van der Waals surface area contributed by atoms with Gasteiger partial charge in [0.1, 0.15) is 23.8 Å². The third kappa shape index (κ3) is 5.13. The monoisotopic (exact) mass is 495 g/mol. The van der Waals surface area contributed by atoms with E-state index < -0.39 is 0 Å². The number of likely N-dealkylation sites (tertiary alicyclic amines) is 1. The molecule has 196 valence electrons. The van der Waals surface area contributed by atoms with Gasteiger partial charge in [0, 0.05) is 62.8 Å². The van der Waals surface area contributed by atoms with Crippen molar-refractivity contribution < 1.29 is 9.53 Å². The molecule has 0 bridgehead atoms. The minimum absolute atomic E-state index is 0.0336. The molecule has 2 aromatic heterocycles. The van der Waals surface area contributed by atoms with Crippen LogP contribution in [-0.2, 0) is 21.5 Å². The highest BCUT2D eigenvalue weighted by Gasteiger charge is 2.33. The zero-order valence-electron chi connectivity index (χ0n) is 22.3. The van der Waals surface area contributed by atoms with E-state index in [-0.39, 0.29) is 17.2 Å². The third-order valence-corrected chi connectivity index (χ3v) is 8.13. The zero-order valence-corrected chi connectivity index (χ0v) is 22.3. The van der Waals surface area contributed by atoms with Gasteiger partial charge in [-0.1, -0.05) is 20.8 Å². The molecule has 5 heterocycles. The first-order valence-corrected chi connectivity index (χ1v) is 13.5. The molecule has 5 rings (SSSR count). The Kier molecular flexibility index (Phi) is 7.30. The molecule has 9 heteroatoms. The van der Waals surface area contributed by atoms with E-state index >= 15 is 0 Å². The Labute approximate surface area is 214 Å². The Morgan fingerprint density at radius 1 is 1.11 bits per heavy atom. The van der Waals surface area contributed by atoms with Crippen molar-refractivity contribution in [1.82, 2.24) is 24.4 Å². The summed E-state index contributed by atoms with van der Waals surface area (Å²) in [7, 11) is 1.76. The quantitative estimate of drug-likeness (QED) is 0.599. The van der Waals surface area contributed by atoms with Crippen molar-refractivity contribution in [1.29, 1.82) is 0 Å². The lowest BCUT2D eigenvalue weighted by atomic mass is 9.91. The Hall–Kier alpha value is -2.52. The molecule has 0 aromatic carbocycles. The molecule has 1 N–H and O–H groups in total. The van der Waals surface area contributed by atoms with E-state index in [1.54, 1.807) is 13.4 Å². The highest BCUT2D eigenvalue weighted by molar-refractivity contribution is 5.94. The van der Waals surface area contributed by atoms with Gasteiger partial charge in [-0.05, 0) is 44.7 Å². The van der Waals surface area contributed by atoms with E-state index in [2.05, 4.69) is 56.6 Å². The predicted octanol–water partition coefficient (Wildman–Crippen LogP) is 3.52. The number of anilines is 2. The molecule has 9 nitrogen and oxygen atoms in total. The number of aromatic nitrogens is 4. The van der Waals surface area contributed by atoms with Gasteiger partial charge in [-0.3, -0.25) is 4.79 Å². The van der Waals surface area contributed by atoms with Gasteiger partial charge < -0.3 is 24.4 Å². The zero-order chi connectivity index (χ0) is 25.3. The fraction of sp³-hybridized carbons (Fsp3) is 0.704. The van der Waals surface area contributed by atoms with Crippen LogP contribution in [0.1, 0.15) is 81.8 Å². The van der Waals surface area contributed by atoms with Gasteiger partial charge in [-0.2, -0.15) is 0 Å². The van der Waals surface area contributed by atoms with E-state index in [0.29, 0.717) is 24.8 Å². The second-order valence-electron chi connectivity index (χ2n) is 11.4. The van der Waals surface area contributed by atoms with Crippen LogP contribution in [0.4, 0.5) is 11.6 Å². The van der Waals surface area contributed by atoms with E-state index in [9.17, 15) is 4.79 Å². The fourth-order valence-electron chi connectivity index (χ4n) is 6.06. The van der Waals surface area contributed by atoms with Crippen molar-refractivity contribution in [2.75, 3.05) is 56.7 Å². The number of carbonyl (C=O) groups excluding carboxylic acids is 1. The standard InChI is InChI=1S/C27H41N7O2/c1-19-15-22(35)31-24-23(19)26(29-18-28-24)33-11-7-20(8-12-33)25-30-21(27(2,3)17-36-4)16-34(25)14-13-32-9-5-6-10-32/h16,18-20H,5-15,17H2,1-4H3,(H,28,29,31,35). The maximum absolute atomic E-state index is 12.0. The Balaban J connectivity index is 1.33. The Morgan fingerprint density at radius 3 is 2.58 bits per heavy atom. The number of hydrogen-bond acceptors (Lipinski definition) is 7. The molecule has 0 spiro atoms. The Morgan fingerprint density at radius 2 is 1.86 bits per heavy atom. The van der Waals surface area contributed by atoms with Crippen molar-refractivity contribution in [2.24, 2.45) is 0 Å². The predicted molar refractivity (Wildman–Crippen MR) is 141 cm³/mol.